The minimum atomic E-state index is -3.79. The van der Waals surface area contributed by atoms with Gasteiger partial charge in [-0.15, -0.1) is 0 Å². The van der Waals surface area contributed by atoms with E-state index in [1.807, 2.05) is 13.0 Å². The van der Waals surface area contributed by atoms with Gasteiger partial charge < -0.3 is 0 Å². The lowest BCUT2D eigenvalue weighted by atomic mass is 10.1. The molecule has 2 rings (SSSR count). The van der Waals surface area contributed by atoms with E-state index in [1.54, 1.807) is 18.2 Å². The van der Waals surface area contributed by atoms with Gasteiger partial charge in [-0.25, -0.2) is 12.8 Å². The Morgan fingerprint density at radius 3 is 2.60 bits per heavy atom. The fraction of sp³-hybridized carbons (Fsp3) is 0.143. The molecule has 1 N–H and O–H groups in total. The first-order chi connectivity index (χ1) is 9.42. The molecule has 0 aliphatic carbocycles. The highest BCUT2D eigenvalue weighted by atomic mass is 79.9. The standard InChI is InChI=1S/C14H13BrFNO2S/c1-2-10-4-3-5-11(8-10)17-20(18,19)12-6-7-13(15)14(16)9-12/h3-9,17H,2H2,1H3. The molecular weight excluding hydrogens is 345 g/mol. The van der Waals surface area contributed by atoms with Crippen molar-refractivity contribution in [1.29, 1.82) is 0 Å². The highest BCUT2D eigenvalue weighted by Gasteiger charge is 2.16. The summed E-state index contributed by atoms with van der Waals surface area (Å²) in [7, 11) is -3.79. The van der Waals surface area contributed by atoms with Gasteiger partial charge in [-0.2, -0.15) is 0 Å². The quantitative estimate of drug-likeness (QED) is 0.900. The van der Waals surface area contributed by atoms with Crippen LogP contribution in [-0.4, -0.2) is 8.42 Å². The Bertz CT molecular complexity index is 732. The minimum absolute atomic E-state index is 0.111. The van der Waals surface area contributed by atoms with Gasteiger partial charge in [0.25, 0.3) is 10.0 Å². The van der Waals surface area contributed by atoms with E-state index in [-0.39, 0.29) is 9.37 Å². The van der Waals surface area contributed by atoms with Gasteiger partial charge in [0.2, 0.25) is 0 Å². The lowest BCUT2D eigenvalue weighted by molar-refractivity contribution is 0.593. The summed E-state index contributed by atoms with van der Waals surface area (Å²) in [4.78, 5) is -0.111. The normalized spacial score (nSPS) is 11.3. The number of rotatable bonds is 4. The van der Waals surface area contributed by atoms with Crippen LogP contribution in [0.4, 0.5) is 10.1 Å². The van der Waals surface area contributed by atoms with Gasteiger partial charge >= 0.3 is 0 Å². The van der Waals surface area contributed by atoms with Crippen LogP contribution in [0.15, 0.2) is 51.8 Å². The summed E-state index contributed by atoms with van der Waals surface area (Å²) < 4.78 is 40.4. The van der Waals surface area contributed by atoms with Crippen LogP contribution in [0.2, 0.25) is 0 Å². The van der Waals surface area contributed by atoms with E-state index in [2.05, 4.69) is 20.7 Å². The molecule has 0 saturated heterocycles. The van der Waals surface area contributed by atoms with Gasteiger partial charge in [-0.3, -0.25) is 4.72 Å². The fourth-order valence-electron chi connectivity index (χ4n) is 1.71. The predicted octanol–water partition coefficient (Wildman–Crippen LogP) is 3.95. The molecule has 20 heavy (non-hydrogen) atoms. The van der Waals surface area contributed by atoms with Crippen LogP contribution in [0.5, 0.6) is 0 Å². The molecule has 0 spiro atoms. The molecule has 2 aromatic carbocycles. The Hall–Kier alpha value is -1.40. The molecule has 0 bridgehead atoms. The summed E-state index contributed by atoms with van der Waals surface area (Å²) >= 11 is 2.99. The molecule has 2 aromatic rings. The number of nitrogens with one attached hydrogen (secondary N) is 1. The van der Waals surface area contributed by atoms with Crippen LogP contribution >= 0.6 is 15.9 Å². The second kappa shape index (κ2) is 5.93. The lowest BCUT2D eigenvalue weighted by Crippen LogP contribution is -2.13. The first kappa shape index (κ1) is 15.0. The average Bonchev–Trinajstić information content (AvgIpc) is 2.41. The van der Waals surface area contributed by atoms with Gasteiger partial charge in [0.05, 0.1) is 9.37 Å². The van der Waals surface area contributed by atoms with Gasteiger partial charge in [0, 0.05) is 5.69 Å². The predicted molar refractivity (Wildman–Crippen MR) is 80.7 cm³/mol. The molecule has 0 aliphatic rings. The second-order valence-corrected chi connectivity index (χ2v) is 6.77. The summed E-state index contributed by atoms with van der Waals surface area (Å²) in [6.07, 6.45) is 0.808. The third kappa shape index (κ3) is 3.37. The van der Waals surface area contributed by atoms with Crippen LogP contribution in [0, 0.1) is 5.82 Å². The zero-order chi connectivity index (χ0) is 14.8. The Morgan fingerprint density at radius 2 is 1.95 bits per heavy atom. The lowest BCUT2D eigenvalue weighted by Gasteiger charge is -2.09. The zero-order valence-corrected chi connectivity index (χ0v) is 13.1. The molecule has 0 aromatic heterocycles. The maximum atomic E-state index is 13.4. The van der Waals surface area contributed by atoms with Crippen molar-refractivity contribution in [2.75, 3.05) is 4.72 Å². The van der Waals surface area contributed by atoms with Crippen molar-refractivity contribution < 1.29 is 12.8 Å². The zero-order valence-electron chi connectivity index (χ0n) is 10.7. The van der Waals surface area contributed by atoms with E-state index in [0.717, 1.165) is 18.1 Å². The molecular formula is C14H13BrFNO2S. The van der Waals surface area contributed by atoms with Crippen LogP contribution in [0.3, 0.4) is 0 Å². The molecule has 0 fully saturated rings. The number of anilines is 1. The van der Waals surface area contributed by atoms with Crippen molar-refractivity contribution >= 4 is 31.6 Å². The average molecular weight is 358 g/mol. The largest absolute Gasteiger partial charge is 0.280 e. The fourth-order valence-corrected chi connectivity index (χ4v) is 3.02. The number of sulfonamides is 1. The van der Waals surface area contributed by atoms with Crippen molar-refractivity contribution in [3.8, 4) is 0 Å². The minimum Gasteiger partial charge on any atom is -0.280 e. The Kier molecular flexibility index (Phi) is 4.45. The van der Waals surface area contributed by atoms with Crippen LogP contribution in [-0.2, 0) is 16.4 Å². The molecule has 106 valence electrons. The number of aryl methyl sites for hydroxylation is 1. The van der Waals surface area contributed by atoms with E-state index >= 15 is 0 Å². The summed E-state index contributed by atoms with van der Waals surface area (Å²) in [5.74, 6) is -0.616. The van der Waals surface area contributed by atoms with Gasteiger partial charge in [0.15, 0.2) is 0 Å². The summed E-state index contributed by atoms with van der Waals surface area (Å²) in [5, 5.41) is 0. The molecule has 0 atom stereocenters. The number of benzene rings is 2. The van der Waals surface area contributed by atoms with E-state index in [1.165, 1.54) is 12.1 Å². The van der Waals surface area contributed by atoms with Crippen molar-refractivity contribution in [1.82, 2.24) is 0 Å². The molecule has 0 saturated carbocycles. The molecule has 0 unspecified atom stereocenters. The smallest absolute Gasteiger partial charge is 0.261 e. The first-order valence-electron chi connectivity index (χ1n) is 5.99. The van der Waals surface area contributed by atoms with E-state index in [4.69, 9.17) is 0 Å². The summed E-state index contributed by atoms with van der Waals surface area (Å²) in [6.45, 7) is 1.98. The first-order valence-corrected chi connectivity index (χ1v) is 8.27. The van der Waals surface area contributed by atoms with E-state index in [9.17, 15) is 12.8 Å². The molecule has 0 heterocycles. The van der Waals surface area contributed by atoms with Crippen LogP contribution in [0.25, 0.3) is 0 Å². The van der Waals surface area contributed by atoms with E-state index < -0.39 is 15.8 Å². The van der Waals surface area contributed by atoms with Crippen molar-refractivity contribution in [3.63, 3.8) is 0 Å². The molecule has 0 amide bonds. The Balaban J connectivity index is 2.32. The molecule has 6 heteroatoms. The molecule has 0 radical (unpaired) electrons. The van der Waals surface area contributed by atoms with E-state index in [0.29, 0.717) is 5.69 Å². The topological polar surface area (TPSA) is 46.2 Å². The Morgan fingerprint density at radius 1 is 1.20 bits per heavy atom. The SMILES string of the molecule is CCc1cccc(NS(=O)(=O)c2ccc(Br)c(F)c2)c1. The highest BCUT2D eigenvalue weighted by Crippen LogP contribution is 2.22. The Labute approximate surface area is 126 Å². The number of hydrogen-bond acceptors (Lipinski definition) is 2. The second-order valence-electron chi connectivity index (χ2n) is 4.24. The van der Waals surface area contributed by atoms with Crippen molar-refractivity contribution in [2.45, 2.75) is 18.2 Å². The highest BCUT2D eigenvalue weighted by molar-refractivity contribution is 9.10. The van der Waals surface area contributed by atoms with Crippen LogP contribution in [0.1, 0.15) is 12.5 Å². The molecule has 3 nitrogen and oxygen atoms in total. The third-order valence-electron chi connectivity index (χ3n) is 2.79. The monoisotopic (exact) mass is 357 g/mol. The number of hydrogen-bond donors (Lipinski definition) is 1. The van der Waals surface area contributed by atoms with Crippen molar-refractivity contribution in [2.24, 2.45) is 0 Å². The maximum absolute atomic E-state index is 13.4. The summed E-state index contributed by atoms with van der Waals surface area (Å²) in [6, 6.07) is 10.8. The third-order valence-corrected chi connectivity index (χ3v) is 4.81. The number of halogens is 2. The van der Waals surface area contributed by atoms with Gasteiger partial charge in [-0.1, -0.05) is 19.1 Å². The van der Waals surface area contributed by atoms with Crippen LogP contribution < -0.4 is 4.72 Å². The van der Waals surface area contributed by atoms with Gasteiger partial charge in [-0.05, 0) is 58.2 Å². The molecule has 0 aliphatic heterocycles. The maximum Gasteiger partial charge on any atom is 0.261 e. The van der Waals surface area contributed by atoms with Gasteiger partial charge in [0.1, 0.15) is 5.82 Å². The van der Waals surface area contributed by atoms with Crippen molar-refractivity contribution in [3.05, 3.63) is 58.3 Å². The summed E-state index contributed by atoms with van der Waals surface area (Å²) in [5.41, 5.74) is 1.49.